The molecular formula is C15H16N4O. The van der Waals surface area contributed by atoms with Crippen LogP contribution < -0.4 is 15.5 Å². The molecule has 1 aliphatic rings. The first-order valence-corrected chi connectivity index (χ1v) is 6.50. The Bertz CT molecular complexity index is 656. The Labute approximate surface area is 117 Å². The van der Waals surface area contributed by atoms with E-state index in [2.05, 4.69) is 9.88 Å². The summed E-state index contributed by atoms with van der Waals surface area (Å²) in [6, 6.07) is 9.56. The molecule has 0 aliphatic carbocycles. The zero-order valence-electron chi connectivity index (χ0n) is 11.3. The van der Waals surface area contributed by atoms with Gasteiger partial charge in [0, 0.05) is 26.3 Å². The molecule has 1 aliphatic heterocycles. The molecule has 0 spiro atoms. The molecule has 102 valence electrons. The third kappa shape index (κ3) is 1.97. The molecule has 0 saturated heterocycles. The van der Waals surface area contributed by atoms with E-state index in [9.17, 15) is 4.79 Å². The van der Waals surface area contributed by atoms with Crippen LogP contribution in [0.25, 0.3) is 0 Å². The first-order chi connectivity index (χ1) is 9.68. The predicted molar refractivity (Wildman–Crippen MR) is 80.0 cm³/mol. The zero-order valence-corrected chi connectivity index (χ0v) is 11.3. The summed E-state index contributed by atoms with van der Waals surface area (Å²) in [6.45, 7) is 1.45. The summed E-state index contributed by atoms with van der Waals surface area (Å²) in [5.74, 6) is -0.0783. The molecule has 1 amide bonds. The number of likely N-dealkylation sites (N-methyl/N-ethyl adjacent to an activating group) is 1. The minimum atomic E-state index is -0.0783. The molecule has 2 aromatic rings. The van der Waals surface area contributed by atoms with Crippen molar-refractivity contribution in [3.05, 3.63) is 48.3 Å². The topological polar surface area (TPSA) is 62.5 Å². The van der Waals surface area contributed by atoms with Gasteiger partial charge in [0.05, 0.1) is 28.8 Å². The number of nitrogen functional groups attached to an aromatic ring is 1. The number of amides is 1. The second kappa shape index (κ2) is 4.85. The maximum Gasteiger partial charge on any atom is 0.260 e. The van der Waals surface area contributed by atoms with Crippen LogP contribution >= 0.6 is 0 Å². The Morgan fingerprint density at radius 1 is 1.20 bits per heavy atom. The maximum absolute atomic E-state index is 12.7. The molecule has 2 heterocycles. The van der Waals surface area contributed by atoms with Crippen LogP contribution in [0.1, 0.15) is 10.4 Å². The highest BCUT2D eigenvalue weighted by molar-refractivity contribution is 6.11. The van der Waals surface area contributed by atoms with Gasteiger partial charge in [0.25, 0.3) is 5.91 Å². The molecule has 1 aromatic heterocycles. The van der Waals surface area contributed by atoms with E-state index in [-0.39, 0.29) is 5.91 Å². The Hall–Kier alpha value is -2.56. The number of nitrogens with two attached hydrogens (primary N) is 1. The van der Waals surface area contributed by atoms with Crippen LogP contribution in [0.15, 0.2) is 42.7 Å². The molecular weight excluding hydrogens is 252 g/mol. The lowest BCUT2D eigenvalue weighted by Crippen LogP contribution is -2.42. The summed E-state index contributed by atoms with van der Waals surface area (Å²) in [5, 5.41) is 0. The van der Waals surface area contributed by atoms with Gasteiger partial charge in [-0.1, -0.05) is 12.1 Å². The molecule has 3 rings (SSSR count). The van der Waals surface area contributed by atoms with Crippen LogP contribution in [0.2, 0.25) is 0 Å². The third-order valence-corrected chi connectivity index (χ3v) is 3.57. The van der Waals surface area contributed by atoms with E-state index >= 15 is 0 Å². The molecule has 1 aromatic carbocycles. The van der Waals surface area contributed by atoms with Crippen molar-refractivity contribution in [2.75, 3.05) is 35.7 Å². The molecule has 5 heteroatoms. The van der Waals surface area contributed by atoms with Crippen LogP contribution in [0.4, 0.5) is 17.1 Å². The number of aromatic nitrogens is 1. The Morgan fingerprint density at radius 3 is 2.70 bits per heavy atom. The average Bonchev–Trinajstić information content (AvgIpc) is 2.48. The normalized spacial score (nSPS) is 14.1. The number of benzene rings is 1. The number of fused-ring (bicyclic) bond motifs is 1. The largest absolute Gasteiger partial charge is 0.397 e. The maximum atomic E-state index is 12.7. The van der Waals surface area contributed by atoms with Gasteiger partial charge in [-0.3, -0.25) is 9.78 Å². The summed E-state index contributed by atoms with van der Waals surface area (Å²) in [6.07, 6.45) is 3.10. The number of para-hydroxylation sites is 2. The van der Waals surface area contributed by atoms with Crippen molar-refractivity contribution >= 4 is 23.0 Å². The summed E-state index contributed by atoms with van der Waals surface area (Å²) in [5.41, 5.74) is 8.74. The van der Waals surface area contributed by atoms with Gasteiger partial charge in [0.1, 0.15) is 0 Å². The summed E-state index contributed by atoms with van der Waals surface area (Å²) in [7, 11) is 2.03. The number of hydrogen-bond acceptors (Lipinski definition) is 4. The molecule has 5 nitrogen and oxygen atoms in total. The molecule has 0 fully saturated rings. The van der Waals surface area contributed by atoms with E-state index in [1.54, 1.807) is 17.2 Å². The van der Waals surface area contributed by atoms with Gasteiger partial charge >= 0.3 is 0 Å². The summed E-state index contributed by atoms with van der Waals surface area (Å²) >= 11 is 0. The standard InChI is InChI=1S/C15H16N4O/c1-18-8-9-19(14-5-3-2-4-13(14)18)15(20)11-6-7-17-10-12(11)16/h2-7,10H,8-9,16H2,1H3. The van der Waals surface area contributed by atoms with Crippen LogP contribution in [-0.2, 0) is 0 Å². The molecule has 0 atom stereocenters. The van der Waals surface area contributed by atoms with Gasteiger partial charge in [-0.2, -0.15) is 0 Å². The smallest absolute Gasteiger partial charge is 0.260 e. The number of pyridine rings is 1. The van der Waals surface area contributed by atoms with Crippen molar-refractivity contribution in [3.63, 3.8) is 0 Å². The first-order valence-electron chi connectivity index (χ1n) is 6.50. The SMILES string of the molecule is CN1CCN(C(=O)c2ccncc2N)c2ccccc21. The molecule has 0 unspecified atom stereocenters. The van der Waals surface area contributed by atoms with Gasteiger partial charge in [0.15, 0.2) is 0 Å². The van der Waals surface area contributed by atoms with E-state index in [0.29, 0.717) is 17.8 Å². The van der Waals surface area contributed by atoms with Gasteiger partial charge in [-0.15, -0.1) is 0 Å². The Kier molecular flexibility index (Phi) is 3.02. The number of carbonyl (C=O) groups excluding carboxylic acids is 1. The van der Waals surface area contributed by atoms with E-state index < -0.39 is 0 Å². The van der Waals surface area contributed by atoms with E-state index in [1.165, 1.54) is 6.20 Å². The highest BCUT2D eigenvalue weighted by Gasteiger charge is 2.26. The lowest BCUT2D eigenvalue weighted by atomic mass is 10.1. The summed E-state index contributed by atoms with van der Waals surface area (Å²) in [4.78, 5) is 20.5. The molecule has 20 heavy (non-hydrogen) atoms. The van der Waals surface area contributed by atoms with Crippen LogP contribution in [-0.4, -0.2) is 31.0 Å². The fourth-order valence-corrected chi connectivity index (χ4v) is 2.46. The quantitative estimate of drug-likeness (QED) is 0.856. The van der Waals surface area contributed by atoms with Crippen LogP contribution in [0.5, 0.6) is 0 Å². The average molecular weight is 268 g/mol. The van der Waals surface area contributed by atoms with E-state index in [1.807, 2.05) is 31.3 Å². The van der Waals surface area contributed by atoms with Crippen molar-refractivity contribution in [2.45, 2.75) is 0 Å². The second-order valence-corrected chi connectivity index (χ2v) is 4.83. The minimum absolute atomic E-state index is 0.0783. The van der Waals surface area contributed by atoms with E-state index in [4.69, 9.17) is 5.73 Å². The van der Waals surface area contributed by atoms with Crippen molar-refractivity contribution in [1.29, 1.82) is 0 Å². The van der Waals surface area contributed by atoms with Crippen LogP contribution in [0, 0.1) is 0 Å². The van der Waals surface area contributed by atoms with Gasteiger partial charge in [-0.25, -0.2) is 0 Å². The molecule has 2 N–H and O–H groups in total. The molecule has 0 saturated carbocycles. The Morgan fingerprint density at radius 2 is 1.95 bits per heavy atom. The molecule has 0 bridgehead atoms. The van der Waals surface area contributed by atoms with Crippen molar-refractivity contribution < 1.29 is 4.79 Å². The third-order valence-electron chi connectivity index (χ3n) is 3.57. The highest BCUT2D eigenvalue weighted by atomic mass is 16.2. The van der Waals surface area contributed by atoms with Gasteiger partial charge in [0.2, 0.25) is 0 Å². The fraction of sp³-hybridized carbons (Fsp3) is 0.200. The highest BCUT2D eigenvalue weighted by Crippen LogP contribution is 2.33. The summed E-state index contributed by atoms with van der Waals surface area (Å²) < 4.78 is 0. The van der Waals surface area contributed by atoms with Gasteiger partial charge < -0.3 is 15.5 Å². The molecule has 0 radical (unpaired) electrons. The Balaban J connectivity index is 2.02. The van der Waals surface area contributed by atoms with E-state index in [0.717, 1.165) is 17.9 Å². The lowest BCUT2D eigenvalue weighted by molar-refractivity contribution is 0.0987. The van der Waals surface area contributed by atoms with Crippen molar-refractivity contribution in [3.8, 4) is 0 Å². The van der Waals surface area contributed by atoms with Crippen molar-refractivity contribution in [1.82, 2.24) is 4.98 Å². The number of anilines is 3. The van der Waals surface area contributed by atoms with Gasteiger partial charge in [-0.05, 0) is 18.2 Å². The number of hydrogen-bond donors (Lipinski definition) is 1. The fourth-order valence-electron chi connectivity index (χ4n) is 2.46. The number of carbonyl (C=O) groups is 1. The zero-order chi connectivity index (χ0) is 14.1. The number of nitrogens with zero attached hydrogens (tertiary/aromatic N) is 3. The second-order valence-electron chi connectivity index (χ2n) is 4.83. The minimum Gasteiger partial charge on any atom is -0.397 e. The van der Waals surface area contributed by atoms with Crippen molar-refractivity contribution in [2.24, 2.45) is 0 Å². The lowest BCUT2D eigenvalue weighted by Gasteiger charge is -2.35. The number of rotatable bonds is 1. The van der Waals surface area contributed by atoms with Crippen LogP contribution in [0.3, 0.4) is 0 Å². The monoisotopic (exact) mass is 268 g/mol. The predicted octanol–water partition coefficient (Wildman–Crippen LogP) is 1.76. The first kappa shape index (κ1) is 12.5.